The van der Waals surface area contributed by atoms with E-state index in [2.05, 4.69) is 4.74 Å². The van der Waals surface area contributed by atoms with Crippen LogP contribution in [0.2, 0.25) is 10.0 Å². The highest BCUT2D eigenvalue weighted by Crippen LogP contribution is 2.31. The average molecular weight is 288 g/mol. The van der Waals surface area contributed by atoms with Crippen LogP contribution in [0.1, 0.15) is 6.42 Å². The molecule has 1 atom stereocenters. The normalized spacial score (nSPS) is 19.2. The second-order valence-electron chi connectivity index (χ2n) is 4.03. The molecule has 0 spiro atoms. The fraction of sp³-hybridized carbons (Fsp3) is 0.333. The van der Waals surface area contributed by atoms with Gasteiger partial charge in [-0.2, -0.15) is 0 Å². The summed E-state index contributed by atoms with van der Waals surface area (Å²) in [7, 11) is 1.31. The molecule has 2 rings (SSSR count). The van der Waals surface area contributed by atoms with E-state index in [1.807, 2.05) is 0 Å². The molecule has 1 aromatic rings. The molecule has 0 aliphatic carbocycles. The number of amides is 1. The molecule has 1 heterocycles. The zero-order valence-electron chi connectivity index (χ0n) is 9.65. The summed E-state index contributed by atoms with van der Waals surface area (Å²) >= 11 is 11.7. The van der Waals surface area contributed by atoms with E-state index >= 15 is 0 Å². The van der Waals surface area contributed by atoms with Crippen molar-refractivity contribution >= 4 is 40.8 Å². The van der Waals surface area contributed by atoms with Crippen molar-refractivity contribution in [1.29, 1.82) is 0 Å². The molecule has 1 aliphatic heterocycles. The van der Waals surface area contributed by atoms with Crippen LogP contribution in [-0.2, 0) is 14.3 Å². The first-order valence-corrected chi connectivity index (χ1v) is 6.11. The number of ether oxygens (including phenoxy) is 1. The van der Waals surface area contributed by atoms with Gasteiger partial charge in [0, 0.05) is 18.7 Å². The molecule has 4 nitrogen and oxygen atoms in total. The van der Waals surface area contributed by atoms with Crippen LogP contribution in [0.5, 0.6) is 0 Å². The highest BCUT2D eigenvalue weighted by atomic mass is 35.5. The summed E-state index contributed by atoms with van der Waals surface area (Å²) in [6.07, 6.45) is 0.160. The highest BCUT2D eigenvalue weighted by molar-refractivity contribution is 6.42. The minimum Gasteiger partial charge on any atom is -0.469 e. The first-order chi connectivity index (χ1) is 8.52. The van der Waals surface area contributed by atoms with Gasteiger partial charge in [-0.1, -0.05) is 23.2 Å². The zero-order chi connectivity index (χ0) is 13.3. The van der Waals surface area contributed by atoms with E-state index < -0.39 is 5.92 Å². The Morgan fingerprint density at radius 2 is 2.11 bits per heavy atom. The third-order valence-corrected chi connectivity index (χ3v) is 3.61. The Hall–Kier alpha value is -1.26. The maximum Gasteiger partial charge on any atom is 0.311 e. The first kappa shape index (κ1) is 13.2. The molecule has 1 amide bonds. The molecule has 6 heteroatoms. The SMILES string of the molecule is COC(=O)[C@@H]1CC(=O)N(c2ccc(Cl)c(Cl)c2)C1. The molecular formula is C12H11Cl2NO3. The van der Waals surface area contributed by atoms with Crippen molar-refractivity contribution in [2.24, 2.45) is 5.92 Å². The van der Waals surface area contributed by atoms with Gasteiger partial charge < -0.3 is 9.64 Å². The lowest BCUT2D eigenvalue weighted by molar-refractivity contribution is -0.145. The van der Waals surface area contributed by atoms with E-state index in [9.17, 15) is 9.59 Å². The number of hydrogen-bond donors (Lipinski definition) is 0. The number of rotatable bonds is 2. The molecule has 1 fully saturated rings. The van der Waals surface area contributed by atoms with Crippen molar-refractivity contribution in [3.05, 3.63) is 28.2 Å². The van der Waals surface area contributed by atoms with E-state index in [4.69, 9.17) is 23.2 Å². The molecule has 1 saturated heterocycles. The van der Waals surface area contributed by atoms with Gasteiger partial charge in [0.15, 0.2) is 0 Å². The Morgan fingerprint density at radius 3 is 2.72 bits per heavy atom. The smallest absolute Gasteiger partial charge is 0.311 e. The number of hydrogen-bond acceptors (Lipinski definition) is 3. The molecular weight excluding hydrogens is 277 g/mol. The van der Waals surface area contributed by atoms with Crippen LogP contribution in [-0.4, -0.2) is 25.5 Å². The van der Waals surface area contributed by atoms with Gasteiger partial charge in [0.1, 0.15) is 0 Å². The van der Waals surface area contributed by atoms with Gasteiger partial charge in [-0.3, -0.25) is 9.59 Å². The van der Waals surface area contributed by atoms with Crippen molar-refractivity contribution in [3.8, 4) is 0 Å². The fourth-order valence-electron chi connectivity index (χ4n) is 1.93. The quantitative estimate of drug-likeness (QED) is 0.786. The van der Waals surface area contributed by atoms with E-state index in [-0.39, 0.29) is 18.3 Å². The van der Waals surface area contributed by atoms with Gasteiger partial charge in [0.25, 0.3) is 0 Å². The maximum atomic E-state index is 11.8. The lowest BCUT2D eigenvalue weighted by Crippen LogP contribution is -2.26. The van der Waals surface area contributed by atoms with Crippen LogP contribution in [0.15, 0.2) is 18.2 Å². The van der Waals surface area contributed by atoms with Crippen molar-refractivity contribution in [3.63, 3.8) is 0 Å². The van der Waals surface area contributed by atoms with Crippen LogP contribution in [0.25, 0.3) is 0 Å². The number of carbonyl (C=O) groups excluding carboxylic acids is 2. The number of benzene rings is 1. The van der Waals surface area contributed by atoms with Gasteiger partial charge >= 0.3 is 5.97 Å². The Kier molecular flexibility index (Phi) is 3.78. The minimum absolute atomic E-state index is 0.121. The summed E-state index contributed by atoms with van der Waals surface area (Å²) in [5, 5.41) is 0.806. The van der Waals surface area contributed by atoms with E-state index in [0.29, 0.717) is 22.3 Å². The van der Waals surface area contributed by atoms with Crippen LogP contribution >= 0.6 is 23.2 Å². The van der Waals surface area contributed by atoms with Crippen molar-refractivity contribution in [2.45, 2.75) is 6.42 Å². The molecule has 0 bridgehead atoms. The van der Waals surface area contributed by atoms with Crippen molar-refractivity contribution < 1.29 is 14.3 Å². The molecule has 1 aliphatic rings. The molecule has 0 radical (unpaired) electrons. The predicted molar refractivity (Wildman–Crippen MR) is 68.9 cm³/mol. The van der Waals surface area contributed by atoms with E-state index in [1.54, 1.807) is 18.2 Å². The van der Waals surface area contributed by atoms with Crippen LogP contribution in [0, 0.1) is 5.92 Å². The third kappa shape index (κ3) is 2.44. The molecule has 1 aromatic carbocycles. The molecule has 0 aromatic heterocycles. The Balaban J connectivity index is 2.21. The number of esters is 1. The van der Waals surface area contributed by atoms with Crippen LogP contribution in [0.3, 0.4) is 0 Å². The molecule has 0 N–H and O–H groups in total. The largest absolute Gasteiger partial charge is 0.469 e. The number of anilines is 1. The molecule has 18 heavy (non-hydrogen) atoms. The number of methoxy groups -OCH3 is 1. The lowest BCUT2D eigenvalue weighted by Gasteiger charge is -2.16. The summed E-state index contributed by atoms with van der Waals surface area (Å²) in [4.78, 5) is 24.8. The maximum absolute atomic E-state index is 11.8. The second-order valence-corrected chi connectivity index (χ2v) is 4.84. The van der Waals surface area contributed by atoms with Crippen molar-refractivity contribution in [1.82, 2.24) is 0 Å². The summed E-state index contributed by atoms with van der Waals surface area (Å²) in [6.45, 7) is 0.309. The highest BCUT2D eigenvalue weighted by Gasteiger charge is 2.35. The summed E-state index contributed by atoms with van der Waals surface area (Å²) in [6, 6.07) is 4.94. The number of halogens is 2. The number of nitrogens with zero attached hydrogens (tertiary/aromatic N) is 1. The van der Waals surface area contributed by atoms with Crippen LogP contribution < -0.4 is 4.90 Å². The van der Waals surface area contributed by atoms with E-state index in [1.165, 1.54) is 12.0 Å². The van der Waals surface area contributed by atoms with E-state index in [0.717, 1.165) is 0 Å². The molecule has 0 unspecified atom stereocenters. The lowest BCUT2D eigenvalue weighted by atomic mass is 10.1. The van der Waals surface area contributed by atoms with Crippen LogP contribution in [0.4, 0.5) is 5.69 Å². The van der Waals surface area contributed by atoms with Gasteiger partial charge in [-0.15, -0.1) is 0 Å². The molecule has 0 saturated carbocycles. The van der Waals surface area contributed by atoms with Gasteiger partial charge in [0.2, 0.25) is 5.91 Å². The topological polar surface area (TPSA) is 46.6 Å². The first-order valence-electron chi connectivity index (χ1n) is 5.36. The third-order valence-electron chi connectivity index (χ3n) is 2.87. The molecule has 96 valence electrons. The second kappa shape index (κ2) is 5.16. The summed E-state index contributed by atoms with van der Waals surface area (Å²) in [5.74, 6) is -0.911. The monoisotopic (exact) mass is 287 g/mol. The Labute approximate surface area is 114 Å². The number of carbonyl (C=O) groups is 2. The zero-order valence-corrected chi connectivity index (χ0v) is 11.2. The summed E-state index contributed by atoms with van der Waals surface area (Å²) in [5.41, 5.74) is 0.640. The fourth-order valence-corrected chi connectivity index (χ4v) is 2.23. The van der Waals surface area contributed by atoms with Crippen molar-refractivity contribution in [2.75, 3.05) is 18.6 Å². The van der Waals surface area contributed by atoms with Gasteiger partial charge in [-0.05, 0) is 18.2 Å². The average Bonchev–Trinajstić information content (AvgIpc) is 2.74. The summed E-state index contributed by atoms with van der Waals surface area (Å²) < 4.78 is 4.64. The Morgan fingerprint density at radius 1 is 1.39 bits per heavy atom. The Bertz CT molecular complexity index is 504. The predicted octanol–water partition coefficient (Wildman–Crippen LogP) is 2.52. The standard InChI is InChI=1S/C12H11Cl2NO3/c1-18-12(17)7-4-11(16)15(6-7)8-2-3-9(13)10(14)5-8/h2-3,5,7H,4,6H2,1H3/t7-/m1/s1. The van der Waals surface area contributed by atoms with Gasteiger partial charge in [-0.25, -0.2) is 0 Å². The van der Waals surface area contributed by atoms with Gasteiger partial charge in [0.05, 0.1) is 23.1 Å². The minimum atomic E-state index is -0.419.